The molecule has 0 aromatic heterocycles. The van der Waals surface area contributed by atoms with Gasteiger partial charge in [0.25, 0.3) is 0 Å². The molecule has 0 atom stereocenters. The van der Waals surface area contributed by atoms with E-state index in [1.807, 2.05) is 0 Å². The molecule has 0 unspecified atom stereocenters. The smallest absolute Gasteiger partial charge is 0.194 e. The molecule has 3 heteroatoms. The first-order valence-corrected chi connectivity index (χ1v) is 9.51. The van der Waals surface area contributed by atoms with Crippen LogP contribution in [0.5, 0.6) is 0 Å². The van der Waals surface area contributed by atoms with Gasteiger partial charge in [0.05, 0.1) is 0 Å². The molecule has 0 fully saturated rings. The molecule has 0 heterocycles. The molecule has 0 saturated heterocycles. The van der Waals surface area contributed by atoms with Crippen molar-refractivity contribution in [2.45, 2.75) is 13.8 Å². The maximum absolute atomic E-state index is 3.25. The van der Waals surface area contributed by atoms with Crippen molar-refractivity contribution in [3.8, 4) is 0 Å². The molecule has 0 saturated carbocycles. The number of hydrogen-bond donors (Lipinski definition) is 0. The maximum Gasteiger partial charge on any atom is -0.194 e. The van der Waals surface area contributed by atoms with Crippen LogP contribution >= 0.6 is 26.3 Å². The molecule has 0 aliphatic rings. The van der Waals surface area contributed by atoms with Gasteiger partial charge in [-0.1, -0.05) is 0 Å². The van der Waals surface area contributed by atoms with Crippen LogP contribution in [0.3, 0.4) is 0 Å². The maximum atomic E-state index is 3.25. The normalized spacial score (nSPS) is 3.71. The molecule has 0 bridgehead atoms. The topological polar surface area (TPSA) is 0 Å². The number of halogens is 2. The molecule has 0 aliphatic carbocycles. The van der Waals surface area contributed by atoms with Crippen molar-refractivity contribution in [1.82, 2.24) is 0 Å². The Hall–Kier alpha value is 1.67. The van der Waals surface area contributed by atoms with Crippen molar-refractivity contribution in [1.29, 1.82) is 0 Å². The Morgan fingerprint density at radius 2 is 1.00 bits per heavy atom. The molecule has 0 radical (unpaired) electrons. The monoisotopic (exact) mass is 264 g/mol. The van der Waals surface area contributed by atoms with E-state index in [9.17, 15) is 0 Å². The van der Waals surface area contributed by atoms with Crippen molar-refractivity contribution in [2.75, 3.05) is 0 Å². The van der Waals surface area contributed by atoms with E-state index in [-0.39, 0.29) is 15.0 Å². The summed E-state index contributed by atoms with van der Waals surface area (Å²) in [4.78, 5) is 0. The minimum atomic E-state index is 0.125. The van der Waals surface area contributed by atoms with Crippen LogP contribution in [0.4, 0.5) is 0 Å². The first-order chi connectivity index (χ1) is 3.41. The van der Waals surface area contributed by atoms with Gasteiger partial charge in [0.15, 0.2) is 0 Å². The summed E-state index contributed by atoms with van der Waals surface area (Å²) in [7, 11) is 0. The third kappa shape index (κ3) is 88.1. The zero-order valence-electron chi connectivity index (χ0n) is 4.67. The Morgan fingerprint density at radius 1 is 1.00 bits per heavy atom. The Labute approximate surface area is 68.5 Å². The van der Waals surface area contributed by atoms with Crippen LogP contribution in [0.15, 0.2) is 0 Å². The second kappa shape index (κ2) is 47.8. The summed E-state index contributed by atoms with van der Waals surface area (Å²) >= 11 is 6.50. The molecule has 0 aromatic rings. The van der Waals surface area contributed by atoms with Crippen LogP contribution in [-0.2, 0) is 15.0 Å². The first kappa shape index (κ1) is 15.9. The Bertz CT molecular complexity index is 9.65. The summed E-state index contributed by atoms with van der Waals surface area (Å²) in [5, 5.41) is 0. The predicted molar refractivity (Wildman–Crippen MR) is 39.9 cm³/mol. The van der Waals surface area contributed by atoms with Crippen LogP contribution in [0.1, 0.15) is 13.8 Å². The van der Waals surface area contributed by atoms with Gasteiger partial charge in [0.1, 0.15) is 0 Å². The van der Waals surface area contributed by atoms with Crippen LogP contribution in [0.25, 0.3) is 0 Å². The Morgan fingerprint density at radius 3 is 1.00 bits per heavy atom. The van der Waals surface area contributed by atoms with Gasteiger partial charge in [-0.2, -0.15) is 13.8 Å². The number of hydrogen-bond acceptors (Lipinski definition) is 0. The molecule has 0 spiro atoms. The summed E-state index contributed by atoms with van der Waals surface area (Å²) in [5.74, 6) is 0. The summed E-state index contributed by atoms with van der Waals surface area (Å²) in [5.41, 5.74) is 0. The Balaban J connectivity index is -0.0000000360. The molecule has 46 valence electrons. The van der Waals surface area contributed by atoms with E-state index < -0.39 is 0 Å². The minimum absolute atomic E-state index is 0.125. The molecular formula is C4H10Br2Ti-2. The zero-order valence-corrected chi connectivity index (χ0v) is 9.40. The molecule has 0 N–H and O–H groups in total. The summed E-state index contributed by atoms with van der Waals surface area (Å²) in [6.45, 7) is 10.0. The van der Waals surface area contributed by atoms with Crippen LogP contribution in [0.2, 0.25) is 0 Å². The van der Waals surface area contributed by atoms with E-state index in [1.54, 1.807) is 13.8 Å². The SMILES string of the molecule is [Br][Ti][Br].[CH2-]C.[CH2-]C. The fraction of sp³-hybridized carbons (Fsp3) is 0.500. The van der Waals surface area contributed by atoms with Crippen molar-refractivity contribution < 1.29 is 15.0 Å². The van der Waals surface area contributed by atoms with Gasteiger partial charge in [-0.3, -0.25) is 0 Å². The van der Waals surface area contributed by atoms with E-state index in [1.165, 1.54) is 0 Å². The zero-order chi connectivity index (χ0) is 6.71. The van der Waals surface area contributed by atoms with Gasteiger partial charge in [0.2, 0.25) is 0 Å². The first-order valence-electron chi connectivity index (χ1n) is 1.79. The van der Waals surface area contributed by atoms with E-state index >= 15 is 0 Å². The molecule has 0 nitrogen and oxygen atoms in total. The summed E-state index contributed by atoms with van der Waals surface area (Å²) in [6, 6.07) is 0. The van der Waals surface area contributed by atoms with E-state index in [0.717, 1.165) is 0 Å². The van der Waals surface area contributed by atoms with E-state index in [0.29, 0.717) is 0 Å². The van der Waals surface area contributed by atoms with Crippen molar-refractivity contribution >= 4 is 26.3 Å². The molecule has 0 aromatic carbocycles. The molecular weight excluding hydrogens is 256 g/mol. The average Bonchev–Trinajstić information content (AvgIpc) is 1.78. The fourth-order valence-corrected chi connectivity index (χ4v) is 0. The van der Waals surface area contributed by atoms with Crippen molar-refractivity contribution in [2.24, 2.45) is 0 Å². The second-order valence-electron chi connectivity index (χ2n) is 0.0714. The van der Waals surface area contributed by atoms with Crippen LogP contribution in [0, 0.1) is 13.8 Å². The standard InChI is InChI=1S/2C2H5.2BrH.Ti/c2*1-2;;;/h2*1H2,2H3;2*1H;/q2*-1;;;+2/p-2. The summed E-state index contributed by atoms with van der Waals surface area (Å²) in [6.07, 6.45) is 0. The third-order valence-electron chi connectivity index (χ3n) is 0. The van der Waals surface area contributed by atoms with Crippen LogP contribution < -0.4 is 0 Å². The van der Waals surface area contributed by atoms with E-state index in [2.05, 4.69) is 40.2 Å². The third-order valence-corrected chi connectivity index (χ3v) is 0. The van der Waals surface area contributed by atoms with Gasteiger partial charge in [-0.15, -0.1) is 0 Å². The minimum Gasteiger partial charge on any atom is -0.346 e. The van der Waals surface area contributed by atoms with Gasteiger partial charge >= 0.3 is 41.3 Å². The molecule has 0 aliphatic heterocycles. The largest absolute Gasteiger partial charge is 0.346 e. The molecule has 7 heavy (non-hydrogen) atoms. The fourth-order valence-electron chi connectivity index (χ4n) is 0. The van der Waals surface area contributed by atoms with E-state index in [4.69, 9.17) is 0 Å². The van der Waals surface area contributed by atoms with Crippen molar-refractivity contribution in [3.63, 3.8) is 0 Å². The Kier molecular flexibility index (Phi) is 108. The average molecular weight is 266 g/mol. The summed E-state index contributed by atoms with van der Waals surface area (Å²) < 4.78 is 0. The van der Waals surface area contributed by atoms with Gasteiger partial charge < -0.3 is 13.8 Å². The quantitative estimate of drug-likeness (QED) is 0.465. The van der Waals surface area contributed by atoms with Gasteiger partial charge in [0, 0.05) is 0 Å². The molecule has 0 amide bonds. The van der Waals surface area contributed by atoms with Gasteiger partial charge in [-0.25, -0.2) is 0 Å². The number of rotatable bonds is 0. The second-order valence-corrected chi connectivity index (χ2v) is 7.95. The predicted octanol–water partition coefficient (Wildman–Crippen LogP) is 3.37. The van der Waals surface area contributed by atoms with Crippen LogP contribution in [-0.4, -0.2) is 0 Å². The van der Waals surface area contributed by atoms with Gasteiger partial charge in [-0.05, 0) is 0 Å². The molecule has 0 rings (SSSR count). The van der Waals surface area contributed by atoms with Crippen molar-refractivity contribution in [3.05, 3.63) is 13.8 Å².